The molecule has 1 aromatic heterocycles. The Morgan fingerprint density at radius 3 is 2.34 bits per heavy atom. The first-order valence-electron chi connectivity index (χ1n) is 8.66. The highest BCUT2D eigenvalue weighted by molar-refractivity contribution is 7.83. The SMILES string of the molecule is CN(C)C(=NS(C)=O)c1ccc(C(=O)NCCC(=O)Nc2ccc(Cl)cn2)cc1. The zero-order valence-electron chi connectivity index (χ0n) is 16.3. The van der Waals surface area contributed by atoms with Crippen molar-refractivity contribution >= 4 is 46.1 Å². The normalized spacial score (nSPS) is 12.2. The molecular weight excluding hydrogens is 414 g/mol. The zero-order chi connectivity index (χ0) is 21.4. The van der Waals surface area contributed by atoms with Crippen LogP contribution < -0.4 is 10.6 Å². The lowest BCUT2D eigenvalue weighted by molar-refractivity contribution is -0.116. The van der Waals surface area contributed by atoms with E-state index in [1.165, 1.54) is 12.5 Å². The fraction of sp³-hybridized carbons (Fsp3) is 0.263. The van der Waals surface area contributed by atoms with Crippen LogP contribution in [0.5, 0.6) is 0 Å². The molecule has 8 nitrogen and oxygen atoms in total. The molecule has 10 heteroatoms. The smallest absolute Gasteiger partial charge is 0.251 e. The number of aromatic nitrogens is 1. The fourth-order valence-corrected chi connectivity index (χ4v) is 2.96. The maximum Gasteiger partial charge on any atom is 0.251 e. The monoisotopic (exact) mass is 435 g/mol. The van der Waals surface area contributed by atoms with Crippen LogP contribution in [0, 0.1) is 0 Å². The maximum atomic E-state index is 12.3. The molecule has 0 saturated carbocycles. The number of carbonyl (C=O) groups is 2. The van der Waals surface area contributed by atoms with E-state index in [1.54, 1.807) is 55.4 Å². The van der Waals surface area contributed by atoms with Crippen LogP contribution in [0.4, 0.5) is 5.82 Å². The van der Waals surface area contributed by atoms with Crippen LogP contribution >= 0.6 is 11.6 Å². The number of amidine groups is 1. The number of pyridine rings is 1. The zero-order valence-corrected chi connectivity index (χ0v) is 17.9. The summed E-state index contributed by atoms with van der Waals surface area (Å²) in [6.45, 7) is 0.180. The lowest BCUT2D eigenvalue weighted by Gasteiger charge is -2.15. The number of rotatable bonds is 7. The van der Waals surface area contributed by atoms with Gasteiger partial charge in [-0.3, -0.25) is 9.59 Å². The lowest BCUT2D eigenvalue weighted by Crippen LogP contribution is -2.28. The van der Waals surface area contributed by atoms with E-state index in [0.29, 0.717) is 22.2 Å². The number of anilines is 1. The standard InChI is InChI=1S/C19H22ClN5O3S/c1-25(2)18(24-29(3)28)13-4-6-14(7-5-13)19(27)21-11-10-17(26)23-16-9-8-15(20)12-22-16/h4-9,12H,10-11H2,1-3H3,(H,21,27)(H,22,23,26). The Kier molecular flexibility index (Phi) is 8.29. The first-order chi connectivity index (χ1) is 13.8. The van der Waals surface area contributed by atoms with Gasteiger partial charge in [-0.1, -0.05) is 23.7 Å². The molecule has 2 amide bonds. The average Bonchev–Trinajstić information content (AvgIpc) is 2.67. The van der Waals surface area contributed by atoms with E-state index >= 15 is 0 Å². The van der Waals surface area contributed by atoms with Gasteiger partial charge in [0.15, 0.2) is 0 Å². The van der Waals surface area contributed by atoms with Crippen LogP contribution in [0.3, 0.4) is 0 Å². The van der Waals surface area contributed by atoms with Gasteiger partial charge in [0, 0.05) is 50.6 Å². The summed E-state index contributed by atoms with van der Waals surface area (Å²) in [6, 6.07) is 10.00. The van der Waals surface area contributed by atoms with Crippen LogP contribution in [0.15, 0.2) is 47.0 Å². The van der Waals surface area contributed by atoms with E-state index in [2.05, 4.69) is 20.0 Å². The van der Waals surface area contributed by atoms with Crippen molar-refractivity contribution in [3.05, 3.63) is 58.7 Å². The van der Waals surface area contributed by atoms with Crippen molar-refractivity contribution in [3.63, 3.8) is 0 Å². The van der Waals surface area contributed by atoms with E-state index in [0.717, 1.165) is 5.56 Å². The number of nitrogens with one attached hydrogen (secondary N) is 2. The van der Waals surface area contributed by atoms with Gasteiger partial charge in [-0.15, -0.1) is 0 Å². The predicted molar refractivity (Wildman–Crippen MR) is 116 cm³/mol. The highest BCUT2D eigenvalue weighted by Crippen LogP contribution is 2.10. The molecular formula is C19H22ClN5O3S. The van der Waals surface area contributed by atoms with Crippen molar-refractivity contribution in [1.82, 2.24) is 15.2 Å². The quantitative estimate of drug-likeness (QED) is 0.512. The molecule has 1 aromatic carbocycles. The summed E-state index contributed by atoms with van der Waals surface area (Å²) < 4.78 is 15.5. The molecule has 0 aliphatic heterocycles. The molecule has 1 unspecified atom stereocenters. The van der Waals surface area contributed by atoms with Crippen molar-refractivity contribution in [2.75, 3.05) is 32.2 Å². The van der Waals surface area contributed by atoms with Crippen LogP contribution in [0.1, 0.15) is 22.3 Å². The minimum atomic E-state index is -1.34. The molecule has 2 rings (SSSR count). The van der Waals surface area contributed by atoms with Gasteiger partial charge < -0.3 is 15.5 Å². The second-order valence-corrected chi connectivity index (χ2v) is 7.69. The molecule has 2 N–H and O–H groups in total. The molecule has 29 heavy (non-hydrogen) atoms. The molecule has 0 radical (unpaired) electrons. The third-order valence-corrected chi connectivity index (χ3v) is 4.33. The average molecular weight is 436 g/mol. The Hall–Kier alpha value is -2.78. The van der Waals surface area contributed by atoms with Crippen molar-refractivity contribution < 1.29 is 13.8 Å². The van der Waals surface area contributed by atoms with Crippen LogP contribution in [0.2, 0.25) is 5.02 Å². The molecule has 2 aromatic rings. The number of hydrogen-bond donors (Lipinski definition) is 2. The minimum absolute atomic E-state index is 0.105. The van der Waals surface area contributed by atoms with Gasteiger partial charge in [0.1, 0.15) is 22.6 Å². The van der Waals surface area contributed by atoms with Crippen molar-refractivity contribution in [3.8, 4) is 0 Å². The molecule has 1 heterocycles. The van der Waals surface area contributed by atoms with Crippen molar-refractivity contribution in [2.24, 2.45) is 4.40 Å². The van der Waals surface area contributed by atoms with Gasteiger partial charge in [0.2, 0.25) is 5.91 Å². The summed E-state index contributed by atoms with van der Waals surface area (Å²) >= 11 is 5.74. The van der Waals surface area contributed by atoms with Crippen molar-refractivity contribution in [2.45, 2.75) is 6.42 Å². The number of amides is 2. The first kappa shape index (κ1) is 22.5. The highest BCUT2D eigenvalue weighted by Gasteiger charge is 2.11. The van der Waals surface area contributed by atoms with Gasteiger partial charge in [0.05, 0.1) is 5.02 Å². The number of nitrogens with zero attached hydrogens (tertiary/aromatic N) is 3. The summed E-state index contributed by atoms with van der Waals surface area (Å²) in [4.78, 5) is 29.9. The fourth-order valence-electron chi connectivity index (χ4n) is 2.33. The van der Waals surface area contributed by atoms with Crippen LogP contribution in [-0.4, -0.2) is 58.6 Å². The second-order valence-electron chi connectivity index (χ2n) is 6.23. The van der Waals surface area contributed by atoms with E-state index < -0.39 is 11.0 Å². The van der Waals surface area contributed by atoms with Gasteiger partial charge in [-0.2, -0.15) is 4.40 Å². The van der Waals surface area contributed by atoms with Crippen LogP contribution in [-0.2, 0) is 15.8 Å². The molecule has 0 aliphatic rings. The summed E-state index contributed by atoms with van der Waals surface area (Å²) in [5.74, 6) is 0.393. The summed E-state index contributed by atoms with van der Waals surface area (Å²) in [6.07, 6.45) is 3.03. The largest absolute Gasteiger partial charge is 0.362 e. The molecule has 0 spiro atoms. The summed E-state index contributed by atoms with van der Waals surface area (Å²) in [5, 5.41) is 5.80. The number of hydrogen-bond acceptors (Lipinski definition) is 4. The number of carbonyl (C=O) groups excluding carboxylic acids is 2. The van der Waals surface area contributed by atoms with E-state index in [-0.39, 0.29) is 24.8 Å². The topological polar surface area (TPSA) is 104 Å². The van der Waals surface area contributed by atoms with Gasteiger partial charge >= 0.3 is 0 Å². The van der Waals surface area contributed by atoms with Crippen LogP contribution in [0.25, 0.3) is 0 Å². The third-order valence-electron chi connectivity index (χ3n) is 3.68. The third kappa shape index (κ3) is 7.28. The van der Waals surface area contributed by atoms with E-state index in [1.807, 2.05) is 0 Å². The highest BCUT2D eigenvalue weighted by atomic mass is 35.5. The molecule has 0 saturated heterocycles. The lowest BCUT2D eigenvalue weighted by atomic mass is 10.1. The predicted octanol–water partition coefficient (Wildman–Crippen LogP) is 2.10. The Balaban J connectivity index is 1.88. The van der Waals surface area contributed by atoms with Gasteiger partial charge in [-0.25, -0.2) is 9.19 Å². The number of halogens is 1. The minimum Gasteiger partial charge on any atom is -0.362 e. The molecule has 1 atom stereocenters. The van der Waals surface area contributed by atoms with Gasteiger partial charge in [-0.05, 0) is 24.3 Å². The molecule has 0 bridgehead atoms. The van der Waals surface area contributed by atoms with Crippen molar-refractivity contribution in [1.29, 1.82) is 0 Å². The Bertz CT molecular complexity index is 914. The van der Waals surface area contributed by atoms with E-state index in [9.17, 15) is 13.8 Å². The molecule has 0 fully saturated rings. The number of benzene rings is 1. The van der Waals surface area contributed by atoms with E-state index in [4.69, 9.17) is 11.6 Å². The van der Waals surface area contributed by atoms with Gasteiger partial charge in [0.25, 0.3) is 5.91 Å². The summed E-state index contributed by atoms with van der Waals surface area (Å²) in [7, 11) is 2.27. The Morgan fingerprint density at radius 1 is 1.14 bits per heavy atom. The Morgan fingerprint density at radius 2 is 1.79 bits per heavy atom. The Labute approximate surface area is 177 Å². The molecule has 154 valence electrons. The maximum absolute atomic E-state index is 12.3. The summed E-state index contributed by atoms with van der Waals surface area (Å²) in [5.41, 5.74) is 1.20. The molecule has 0 aliphatic carbocycles. The second kappa shape index (κ2) is 10.7. The first-order valence-corrected chi connectivity index (χ1v) is 10.5.